The van der Waals surface area contributed by atoms with E-state index in [1.54, 1.807) is 11.3 Å². The number of hydrogen-bond acceptors (Lipinski definition) is 4. The van der Waals surface area contributed by atoms with Gasteiger partial charge >= 0.3 is 0 Å². The molecule has 0 saturated carbocycles. The highest BCUT2D eigenvalue weighted by molar-refractivity contribution is 7.09. The molecule has 0 bridgehead atoms. The summed E-state index contributed by atoms with van der Waals surface area (Å²) < 4.78 is 5.52. The highest BCUT2D eigenvalue weighted by atomic mass is 32.1. The maximum Gasteiger partial charge on any atom is 0.0797 e. The molecule has 1 fully saturated rings. The Kier molecular flexibility index (Phi) is 3.95. The average Bonchev–Trinajstić information content (AvgIpc) is 2.65. The minimum atomic E-state index is 0.177. The van der Waals surface area contributed by atoms with Crippen LogP contribution in [0.5, 0.6) is 0 Å². The number of nitrogens with one attached hydrogen (secondary N) is 1. The zero-order valence-electron chi connectivity index (χ0n) is 10.1. The lowest BCUT2D eigenvalue weighted by molar-refractivity contribution is 0.0289. The van der Waals surface area contributed by atoms with Gasteiger partial charge in [-0.05, 0) is 33.1 Å². The predicted molar refractivity (Wildman–Crippen MR) is 67.0 cm³/mol. The zero-order valence-corrected chi connectivity index (χ0v) is 10.9. The summed E-state index contributed by atoms with van der Waals surface area (Å²) in [6.45, 7) is 7.12. The van der Waals surface area contributed by atoms with E-state index in [1.165, 1.54) is 23.4 Å². The van der Waals surface area contributed by atoms with Gasteiger partial charge in [-0.25, -0.2) is 4.98 Å². The topological polar surface area (TPSA) is 34.2 Å². The zero-order chi connectivity index (χ0) is 11.4. The minimum absolute atomic E-state index is 0.177. The second-order valence-corrected chi connectivity index (χ2v) is 5.69. The third-order valence-electron chi connectivity index (χ3n) is 3.19. The lowest BCUT2D eigenvalue weighted by Crippen LogP contribution is -2.49. The number of ether oxygens (including phenoxy) is 1. The van der Waals surface area contributed by atoms with Crippen molar-refractivity contribution in [2.75, 3.05) is 19.8 Å². The van der Waals surface area contributed by atoms with Crippen molar-refractivity contribution in [3.8, 4) is 0 Å². The molecule has 16 heavy (non-hydrogen) atoms. The van der Waals surface area contributed by atoms with Gasteiger partial charge in [-0.3, -0.25) is 0 Å². The normalized spacial score (nSPS) is 25.9. The number of aromatic nitrogens is 1. The monoisotopic (exact) mass is 240 g/mol. The average molecular weight is 240 g/mol. The lowest BCUT2D eigenvalue weighted by atomic mass is 9.95. The van der Waals surface area contributed by atoms with Crippen molar-refractivity contribution in [2.45, 2.75) is 38.6 Å². The first kappa shape index (κ1) is 12.0. The van der Waals surface area contributed by atoms with E-state index < -0.39 is 0 Å². The van der Waals surface area contributed by atoms with Crippen LogP contribution >= 0.6 is 11.3 Å². The van der Waals surface area contributed by atoms with Crippen molar-refractivity contribution < 1.29 is 4.74 Å². The predicted octanol–water partition coefficient (Wildman–Crippen LogP) is 2.15. The van der Waals surface area contributed by atoms with Gasteiger partial charge in [0, 0.05) is 23.6 Å². The molecule has 1 saturated heterocycles. The van der Waals surface area contributed by atoms with E-state index in [0.29, 0.717) is 0 Å². The highest BCUT2D eigenvalue weighted by Gasteiger charge is 2.26. The SMILES string of the molecule is Cc1ncsc1CCNC1(C)CCCOC1. The van der Waals surface area contributed by atoms with Crippen molar-refractivity contribution >= 4 is 11.3 Å². The van der Waals surface area contributed by atoms with Crippen LogP contribution in [0.3, 0.4) is 0 Å². The molecule has 1 aliphatic rings. The molecular formula is C12H20N2OS. The second-order valence-electron chi connectivity index (χ2n) is 4.75. The molecule has 0 amide bonds. The van der Waals surface area contributed by atoms with Gasteiger partial charge in [-0.2, -0.15) is 0 Å². The Hall–Kier alpha value is -0.450. The Morgan fingerprint density at radius 3 is 3.12 bits per heavy atom. The summed E-state index contributed by atoms with van der Waals surface area (Å²) >= 11 is 1.75. The lowest BCUT2D eigenvalue weighted by Gasteiger charge is -2.34. The van der Waals surface area contributed by atoms with E-state index in [1.807, 2.05) is 5.51 Å². The molecule has 1 N–H and O–H groups in total. The molecule has 1 atom stereocenters. The Labute approximate surface area is 101 Å². The van der Waals surface area contributed by atoms with E-state index in [2.05, 4.69) is 24.1 Å². The third-order valence-corrected chi connectivity index (χ3v) is 4.18. The van der Waals surface area contributed by atoms with Crippen LogP contribution in [0.25, 0.3) is 0 Å². The number of aryl methyl sites for hydroxylation is 1. The van der Waals surface area contributed by atoms with Crippen molar-refractivity contribution in [1.29, 1.82) is 0 Å². The summed E-state index contributed by atoms with van der Waals surface area (Å²) in [7, 11) is 0. The van der Waals surface area contributed by atoms with Crippen LogP contribution in [0, 0.1) is 6.92 Å². The maximum absolute atomic E-state index is 5.52. The van der Waals surface area contributed by atoms with E-state index in [-0.39, 0.29) is 5.54 Å². The Morgan fingerprint density at radius 1 is 1.62 bits per heavy atom. The van der Waals surface area contributed by atoms with E-state index in [4.69, 9.17) is 4.74 Å². The molecule has 0 aliphatic carbocycles. The van der Waals surface area contributed by atoms with Gasteiger partial charge in [0.1, 0.15) is 0 Å². The summed E-state index contributed by atoms with van der Waals surface area (Å²) in [6.07, 6.45) is 3.46. The Bertz CT molecular complexity index is 332. The molecule has 0 radical (unpaired) electrons. The molecule has 0 aromatic carbocycles. The number of hydrogen-bond donors (Lipinski definition) is 1. The van der Waals surface area contributed by atoms with E-state index in [0.717, 1.165) is 26.2 Å². The van der Waals surface area contributed by atoms with Gasteiger partial charge in [0.25, 0.3) is 0 Å². The molecule has 2 heterocycles. The molecule has 1 aromatic heterocycles. The van der Waals surface area contributed by atoms with Crippen molar-refractivity contribution in [1.82, 2.24) is 10.3 Å². The number of nitrogens with zero attached hydrogens (tertiary/aromatic N) is 1. The molecule has 90 valence electrons. The first-order chi connectivity index (χ1) is 7.70. The number of thiazole rings is 1. The summed E-state index contributed by atoms with van der Waals surface area (Å²) in [4.78, 5) is 5.66. The van der Waals surface area contributed by atoms with Crippen molar-refractivity contribution in [3.05, 3.63) is 16.1 Å². The van der Waals surface area contributed by atoms with Gasteiger partial charge in [0.05, 0.1) is 17.8 Å². The standard InChI is InChI=1S/C12H20N2OS/c1-10-11(16-9-13-10)4-6-14-12(2)5-3-7-15-8-12/h9,14H,3-8H2,1-2H3. The summed E-state index contributed by atoms with van der Waals surface area (Å²) in [5.41, 5.74) is 3.28. The highest BCUT2D eigenvalue weighted by Crippen LogP contribution is 2.18. The maximum atomic E-state index is 5.52. The molecular weight excluding hydrogens is 220 g/mol. The molecule has 4 heteroatoms. The van der Waals surface area contributed by atoms with Gasteiger partial charge in [-0.15, -0.1) is 11.3 Å². The van der Waals surface area contributed by atoms with Crippen LogP contribution in [-0.4, -0.2) is 30.3 Å². The van der Waals surface area contributed by atoms with Crippen LogP contribution in [0.1, 0.15) is 30.3 Å². The van der Waals surface area contributed by atoms with Crippen molar-refractivity contribution in [3.63, 3.8) is 0 Å². The molecule has 0 spiro atoms. The fourth-order valence-corrected chi connectivity index (χ4v) is 2.90. The van der Waals surface area contributed by atoms with Crippen LogP contribution in [0.15, 0.2) is 5.51 Å². The van der Waals surface area contributed by atoms with Crippen molar-refractivity contribution in [2.24, 2.45) is 0 Å². The van der Waals surface area contributed by atoms with Crippen LogP contribution < -0.4 is 5.32 Å². The third kappa shape index (κ3) is 3.03. The molecule has 3 nitrogen and oxygen atoms in total. The fourth-order valence-electron chi connectivity index (χ4n) is 2.12. The van der Waals surface area contributed by atoms with E-state index in [9.17, 15) is 0 Å². The van der Waals surface area contributed by atoms with Crippen LogP contribution in [-0.2, 0) is 11.2 Å². The first-order valence-corrected chi connectivity index (χ1v) is 6.79. The number of rotatable bonds is 4. The van der Waals surface area contributed by atoms with Gasteiger partial charge in [0.15, 0.2) is 0 Å². The van der Waals surface area contributed by atoms with Crippen LogP contribution in [0.4, 0.5) is 0 Å². The smallest absolute Gasteiger partial charge is 0.0797 e. The second kappa shape index (κ2) is 5.25. The molecule has 1 aliphatic heterocycles. The molecule has 2 rings (SSSR count). The fraction of sp³-hybridized carbons (Fsp3) is 0.750. The van der Waals surface area contributed by atoms with E-state index >= 15 is 0 Å². The quantitative estimate of drug-likeness (QED) is 0.875. The summed E-state index contributed by atoms with van der Waals surface area (Å²) in [6, 6.07) is 0. The Balaban J connectivity index is 1.77. The minimum Gasteiger partial charge on any atom is -0.380 e. The Morgan fingerprint density at radius 2 is 2.50 bits per heavy atom. The molecule has 1 aromatic rings. The molecule has 1 unspecified atom stereocenters. The summed E-state index contributed by atoms with van der Waals surface area (Å²) in [5.74, 6) is 0. The summed E-state index contributed by atoms with van der Waals surface area (Å²) in [5, 5.41) is 3.62. The van der Waals surface area contributed by atoms with Gasteiger partial charge in [-0.1, -0.05) is 0 Å². The first-order valence-electron chi connectivity index (χ1n) is 5.91. The van der Waals surface area contributed by atoms with Gasteiger partial charge < -0.3 is 10.1 Å². The largest absolute Gasteiger partial charge is 0.380 e. The van der Waals surface area contributed by atoms with Crippen LogP contribution in [0.2, 0.25) is 0 Å². The van der Waals surface area contributed by atoms with Gasteiger partial charge in [0.2, 0.25) is 0 Å².